The van der Waals surface area contributed by atoms with Crippen LogP contribution in [-0.4, -0.2) is 19.6 Å². The van der Waals surface area contributed by atoms with Crippen molar-refractivity contribution >= 4 is 0 Å². The average molecular weight is 218 g/mol. The van der Waals surface area contributed by atoms with Crippen LogP contribution in [0.4, 0.5) is 0 Å². The van der Waals surface area contributed by atoms with Crippen LogP contribution in [-0.2, 0) is 0 Å². The molecular weight excluding hydrogens is 196 g/mol. The van der Waals surface area contributed by atoms with Crippen molar-refractivity contribution in [1.29, 1.82) is 0 Å². The second-order valence-corrected chi connectivity index (χ2v) is 4.84. The molecule has 2 rings (SSSR count). The van der Waals surface area contributed by atoms with Gasteiger partial charge in [0, 0.05) is 6.54 Å². The highest BCUT2D eigenvalue weighted by atomic mass is 14.9. The Morgan fingerprint density at radius 1 is 1.50 bits per heavy atom. The molecule has 88 valence electrons. The first-order valence-corrected chi connectivity index (χ1v) is 6.32. The summed E-state index contributed by atoms with van der Waals surface area (Å²) in [6, 6.07) is 9.05. The number of benzene rings is 1. The van der Waals surface area contributed by atoms with Crippen molar-refractivity contribution in [2.45, 2.75) is 31.6 Å². The molecule has 1 saturated heterocycles. The van der Waals surface area contributed by atoms with Crippen LogP contribution in [0.25, 0.3) is 0 Å². The normalized spacial score (nSPS) is 22.2. The molecule has 3 N–H and O–H groups in total. The van der Waals surface area contributed by atoms with Crippen molar-refractivity contribution < 1.29 is 0 Å². The predicted molar refractivity (Wildman–Crippen MR) is 68.8 cm³/mol. The van der Waals surface area contributed by atoms with E-state index < -0.39 is 0 Å². The molecule has 2 heteroatoms. The summed E-state index contributed by atoms with van der Waals surface area (Å²) in [4.78, 5) is 0. The molecule has 2 nitrogen and oxygen atoms in total. The standard InChI is InChI=1S/C14H22N2/c1-11(5-7-15)12-3-2-4-13(9-12)14-6-8-16-10-14/h2-4,9,11,14,16H,5-8,10,15H2,1H3. The minimum atomic E-state index is 0.583. The number of hydrogen-bond donors (Lipinski definition) is 2. The van der Waals surface area contributed by atoms with Gasteiger partial charge in [0.05, 0.1) is 0 Å². The first-order valence-electron chi connectivity index (χ1n) is 6.32. The van der Waals surface area contributed by atoms with Gasteiger partial charge in [0.2, 0.25) is 0 Å². The van der Waals surface area contributed by atoms with Crippen LogP contribution >= 0.6 is 0 Å². The maximum absolute atomic E-state index is 5.62. The lowest BCUT2D eigenvalue weighted by atomic mass is 9.91. The van der Waals surface area contributed by atoms with Gasteiger partial charge in [-0.1, -0.05) is 31.2 Å². The Balaban J connectivity index is 2.12. The molecule has 1 aromatic rings. The van der Waals surface area contributed by atoms with Gasteiger partial charge in [-0.2, -0.15) is 0 Å². The average Bonchev–Trinajstić information content (AvgIpc) is 2.83. The fourth-order valence-corrected chi connectivity index (χ4v) is 2.48. The van der Waals surface area contributed by atoms with Crippen LogP contribution in [0.5, 0.6) is 0 Å². The van der Waals surface area contributed by atoms with E-state index in [2.05, 4.69) is 36.5 Å². The zero-order valence-electron chi connectivity index (χ0n) is 10.1. The van der Waals surface area contributed by atoms with E-state index in [1.807, 2.05) is 0 Å². The quantitative estimate of drug-likeness (QED) is 0.813. The fraction of sp³-hybridized carbons (Fsp3) is 0.571. The van der Waals surface area contributed by atoms with Crippen LogP contribution < -0.4 is 11.1 Å². The van der Waals surface area contributed by atoms with Crippen LogP contribution in [0.15, 0.2) is 24.3 Å². The summed E-state index contributed by atoms with van der Waals surface area (Å²) in [5, 5.41) is 3.42. The van der Waals surface area contributed by atoms with Crippen molar-refractivity contribution in [3.8, 4) is 0 Å². The Bertz CT molecular complexity index is 329. The zero-order valence-corrected chi connectivity index (χ0v) is 10.1. The number of nitrogens with one attached hydrogen (secondary N) is 1. The number of hydrogen-bond acceptors (Lipinski definition) is 2. The molecule has 0 amide bonds. The first kappa shape index (κ1) is 11.6. The van der Waals surface area contributed by atoms with Crippen molar-refractivity contribution in [1.82, 2.24) is 5.32 Å². The molecule has 1 aliphatic rings. The number of nitrogens with two attached hydrogens (primary N) is 1. The van der Waals surface area contributed by atoms with E-state index in [9.17, 15) is 0 Å². The van der Waals surface area contributed by atoms with Gasteiger partial charge in [-0.3, -0.25) is 0 Å². The minimum absolute atomic E-state index is 0.583. The third-order valence-corrected chi connectivity index (χ3v) is 3.61. The lowest BCUT2D eigenvalue weighted by molar-refractivity contribution is 0.685. The number of rotatable bonds is 4. The summed E-state index contributed by atoms with van der Waals surface area (Å²) >= 11 is 0. The van der Waals surface area contributed by atoms with Gasteiger partial charge >= 0.3 is 0 Å². The Labute approximate surface area is 98.2 Å². The predicted octanol–water partition coefficient (Wildman–Crippen LogP) is 2.22. The first-order chi connectivity index (χ1) is 7.81. The summed E-state index contributed by atoms with van der Waals surface area (Å²) in [7, 11) is 0. The molecule has 0 aromatic heterocycles. The molecule has 0 radical (unpaired) electrons. The Hall–Kier alpha value is -0.860. The Kier molecular flexibility index (Phi) is 3.97. The lowest BCUT2D eigenvalue weighted by Crippen LogP contribution is -2.09. The molecule has 1 fully saturated rings. The molecule has 1 heterocycles. The summed E-state index contributed by atoms with van der Waals surface area (Å²) in [5.74, 6) is 1.30. The van der Waals surface area contributed by atoms with Crippen LogP contribution in [0.1, 0.15) is 42.7 Å². The van der Waals surface area contributed by atoms with E-state index in [1.165, 1.54) is 17.5 Å². The zero-order chi connectivity index (χ0) is 11.4. The van der Waals surface area contributed by atoms with Crippen LogP contribution in [0.3, 0.4) is 0 Å². The maximum atomic E-state index is 5.62. The fourth-order valence-electron chi connectivity index (χ4n) is 2.48. The monoisotopic (exact) mass is 218 g/mol. The topological polar surface area (TPSA) is 38.0 Å². The van der Waals surface area contributed by atoms with Crippen LogP contribution in [0, 0.1) is 0 Å². The minimum Gasteiger partial charge on any atom is -0.330 e. The maximum Gasteiger partial charge on any atom is 0.00206 e. The Morgan fingerprint density at radius 3 is 3.06 bits per heavy atom. The van der Waals surface area contributed by atoms with Gasteiger partial charge in [0.25, 0.3) is 0 Å². The second-order valence-electron chi connectivity index (χ2n) is 4.84. The second kappa shape index (κ2) is 5.46. The Morgan fingerprint density at radius 2 is 2.38 bits per heavy atom. The molecule has 16 heavy (non-hydrogen) atoms. The molecule has 0 aliphatic carbocycles. The van der Waals surface area contributed by atoms with Gasteiger partial charge in [-0.15, -0.1) is 0 Å². The van der Waals surface area contributed by atoms with Crippen molar-refractivity contribution in [2.75, 3.05) is 19.6 Å². The van der Waals surface area contributed by atoms with Gasteiger partial charge < -0.3 is 11.1 Å². The highest BCUT2D eigenvalue weighted by Crippen LogP contribution is 2.26. The van der Waals surface area contributed by atoms with Crippen molar-refractivity contribution in [2.24, 2.45) is 5.73 Å². The highest BCUT2D eigenvalue weighted by Gasteiger charge is 2.17. The summed E-state index contributed by atoms with van der Waals surface area (Å²) in [5.41, 5.74) is 8.55. The molecule has 1 aliphatic heterocycles. The van der Waals surface area contributed by atoms with E-state index >= 15 is 0 Å². The lowest BCUT2D eigenvalue weighted by Gasteiger charge is -2.14. The highest BCUT2D eigenvalue weighted by molar-refractivity contribution is 5.29. The smallest absolute Gasteiger partial charge is 0.00206 e. The van der Waals surface area contributed by atoms with E-state index in [0.717, 1.165) is 26.1 Å². The van der Waals surface area contributed by atoms with Crippen molar-refractivity contribution in [3.05, 3.63) is 35.4 Å². The molecule has 2 unspecified atom stereocenters. The summed E-state index contributed by atoms with van der Waals surface area (Å²) in [6.45, 7) is 5.33. The van der Waals surface area contributed by atoms with E-state index in [-0.39, 0.29) is 0 Å². The summed E-state index contributed by atoms with van der Waals surface area (Å²) < 4.78 is 0. The molecule has 0 spiro atoms. The van der Waals surface area contributed by atoms with Gasteiger partial charge in [0.1, 0.15) is 0 Å². The van der Waals surface area contributed by atoms with Crippen LogP contribution in [0.2, 0.25) is 0 Å². The van der Waals surface area contributed by atoms with Crippen molar-refractivity contribution in [3.63, 3.8) is 0 Å². The van der Waals surface area contributed by atoms with Gasteiger partial charge in [0.15, 0.2) is 0 Å². The summed E-state index contributed by atoms with van der Waals surface area (Å²) in [6.07, 6.45) is 2.35. The SMILES string of the molecule is CC(CCN)c1cccc(C2CCNC2)c1. The van der Waals surface area contributed by atoms with E-state index in [0.29, 0.717) is 11.8 Å². The van der Waals surface area contributed by atoms with E-state index in [4.69, 9.17) is 5.73 Å². The molecule has 1 aromatic carbocycles. The van der Waals surface area contributed by atoms with E-state index in [1.54, 1.807) is 0 Å². The largest absolute Gasteiger partial charge is 0.330 e. The third kappa shape index (κ3) is 2.63. The molecule has 0 saturated carbocycles. The molecule has 0 bridgehead atoms. The molecular formula is C14H22N2. The third-order valence-electron chi connectivity index (χ3n) is 3.61. The molecule has 2 atom stereocenters. The van der Waals surface area contributed by atoms with Gasteiger partial charge in [-0.25, -0.2) is 0 Å². The van der Waals surface area contributed by atoms with Gasteiger partial charge in [-0.05, 0) is 48.9 Å².